The number of hydrogen-bond donors (Lipinski definition) is 2. The monoisotopic (exact) mass is 409 g/mol. The smallest absolute Gasteiger partial charge is 0.323 e. The quantitative estimate of drug-likeness (QED) is 0.584. The fourth-order valence-corrected chi connectivity index (χ4v) is 5.05. The molecule has 0 aromatic heterocycles. The Morgan fingerprint density at radius 1 is 1.13 bits per heavy atom. The van der Waals surface area contributed by atoms with E-state index in [0.29, 0.717) is 30.1 Å². The highest BCUT2D eigenvalue weighted by Gasteiger charge is 2.39. The Morgan fingerprint density at radius 2 is 1.90 bits per heavy atom. The highest BCUT2D eigenvalue weighted by Crippen LogP contribution is 2.29. The van der Waals surface area contributed by atoms with Crippen LogP contribution >= 0.6 is 0 Å². The molecular formula is C24H31N3O3. The van der Waals surface area contributed by atoms with Crippen LogP contribution in [0.2, 0.25) is 0 Å². The van der Waals surface area contributed by atoms with E-state index in [-0.39, 0.29) is 24.0 Å². The summed E-state index contributed by atoms with van der Waals surface area (Å²) in [5.74, 6) is 0.218. The number of nitrogens with one attached hydrogen (secondary N) is 1. The van der Waals surface area contributed by atoms with Gasteiger partial charge < -0.3 is 15.8 Å². The first-order chi connectivity index (χ1) is 14.6. The number of esters is 1. The molecule has 6 nitrogen and oxygen atoms in total. The Labute approximate surface area is 177 Å². The van der Waals surface area contributed by atoms with Crippen LogP contribution < -0.4 is 11.1 Å². The lowest BCUT2D eigenvalue weighted by atomic mass is 9.89. The molecule has 1 aliphatic heterocycles. The molecule has 160 valence electrons. The highest BCUT2D eigenvalue weighted by molar-refractivity contribution is 6.07. The molecule has 4 rings (SSSR count). The van der Waals surface area contributed by atoms with Gasteiger partial charge in [-0.15, -0.1) is 0 Å². The molecule has 1 saturated carbocycles. The Bertz CT molecular complexity index is 923. The van der Waals surface area contributed by atoms with Gasteiger partial charge in [0.2, 0.25) is 0 Å². The van der Waals surface area contributed by atoms with E-state index in [1.54, 1.807) is 6.07 Å². The zero-order valence-electron chi connectivity index (χ0n) is 17.6. The molecule has 0 bridgehead atoms. The fraction of sp³-hybridized carbons (Fsp3) is 0.500. The molecule has 0 radical (unpaired) electrons. The third-order valence-corrected chi connectivity index (χ3v) is 6.64. The van der Waals surface area contributed by atoms with Gasteiger partial charge in [0.1, 0.15) is 6.04 Å². The number of benzene rings is 2. The van der Waals surface area contributed by atoms with E-state index < -0.39 is 0 Å². The van der Waals surface area contributed by atoms with Crippen LogP contribution in [0.3, 0.4) is 0 Å². The summed E-state index contributed by atoms with van der Waals surface area (Å²) in [5, 5.41) is 5.00. The summed E-state index contributed by atoms with van der Waals surface area (Å²) >= 11 is 0. The number of carbonyl (C=O) groups excluding carboxylic acids is 2. The van der Waals surface area contributed by atoms with Gasteiger partial charge in [0.05, 0.1) is 18.4 Å². The second-order valence-electron chi connectivity index (χ2n) is 8.65. The lowest BCUT2D eigenvalue weighted by Gasteiger charge is -2.29. The Balaban J connectivity index is 1.46. The maximum atomic E-state index is 13.0. The second kappa shape index (κ2) is 9.04. The van der Waals surface area contributed by atoms with Crippen LogP contribution in [-0.4, -0.2) is 49.1 Å². The summed E-state index contributed by atoms with van der Waals surface area (Å²) < 4.78 is 5.05. The number of fused-ring (bicyclic) bond motifs is 1. The largest absolute Gasteiger partial charge is 0.468 e. The minimum atomic E-state index is -0.295. The summed E-state index contributed by atoms with van der Waals surface area (Å²) in [5.41, 5.74) is 7.27. The molecule has 3 N–H and O–H groups in total. The molecule has 30 heavy (non-hydrogen) atoms. The van der Waals surface area contributed by atoms with Gasteiger partial charge in [-0.05, 0) is 36.6 Å². The molecule has 2 unspecified atom stereocenters. The average Bonchev–Trinajstić information content (AvgIpc) is 3.16. The minimum Gasteiger partial charge on any atom is -0.468 e. The van der Waals surface area contributed by atoms with E-state index in [1.165, 1.54) is 39.2 Å². The van der Waals surface area contributed by atoms with Crippen molar-refractivity contribution < 1.29 is 14.3 Å². The lowest BCUT2D eigenvalue weighted by Crippen LogP contribution is -2.41. The molecule has 2 fully saturated rings. The summed E-state index contributed by atoms with van der Waals surface area (Å²) in [6.07, 6.45) is 6.84. The standard InChI is InChI=1S/C24H31N3O3/c1-30-24(29)21-13-18(15-27(21)14-16-7-3-2-4-8-16)26-23(28)20-12-11-17-9-5-6-10-19(17)22(20)25/h5-6,9-12,16,18,21H,2-4,7-8,13-15,25H2,1H3,(H,26,28). The zero-order chi connectivity index (χ0) is 21.1. The first-order valence-corrected chi connectivity index (χ1v) is 11.0. The van der Waals surface area contributed by atoms with Gasteiger partial charge in [-0.3, -0.25) is 14.5 Å². The third kappa shape index (κ3) is 4.29. The van der Waals surface area contributed by atoms with E-state index in [1.807, 2.05) is 30.3 Å². The van der Waals surface area contributed by atoms with Gasteiger partial charge in [-0.2, -0.15) is 0 Å². The molecule has 2 atom stereocenters. The molecule has 0 spiro atoms. The third-order valence-electron chi connectivity index (χ3n) is 6.64. The highest BCUT2D eigenvalue weighted by atomic mass is 16.5. The fourth-order valence-electron chi connectivity index (χ4n) is 5.05. The van der Waals surface area contributed by atoms with Gasteiger partial charge in [0, 0.05) is 24.5 Å². The van der Waals surface area contributed by atoms with E-state index in [2.05, 4.69) is 10.2 Å². The van der Waals surface area contributed by atoms with Gasteiger partial charge >= 0.3 is 5.97 Å². The van der Waals surface area contributed by atoms with Crippen molar-refractivity contribution in [1.82, 2.24) is 10.2 Å². The summed E-state index contributed by atoms with van der Waals surface area (Å²) in [7, 11) is 1.43. The lowest BCUT2D eigenvalue weighted by molar-refractivity contribution is -0.146. The number of ether oxygens (including phenoxy) is 1. The van der Waals surface area contributed by atoms with Gasteiger partial charge in [-0.25, -0.2) is 0 Å². The van der Waals surface area contributed by atoms with E-state index >= 15 is 0 Å². The second-order valence-corrected chi connectivity index (χ2v) is 8.65. The molecule has 1 amide bonds. The Hall–Kier alpha value is -2.60. The SMILES string of the molecule is COC(=O)C1CC(NC(=O)c2ccc3ccccc3c2N)CN1CC1CCCCC1. The average molecular weight is 410 g/mol. The summed E-state index contributed by atoms with van der Waals surface area (Å²) in [6, 6.07) is 11.1. The predicted octanol–water partition coefficient (Wildman–Crippen LogP) is 3.35. The van der Waals surface area contributed by atoms with Crippen molar-refractivity contribution in [2.75, 3.05) is 25.9 Å². The molecule has 6 heteroatoms. The normalized spacial score (nSPS) is 22.8. The maximum absolute atomic E-state index is 13.0. The number of amides is 1. The number of nitrogens with two attached hydrogens (primary N) is 1. The molecule has 2 aromatic rings. The van der Waals surface area contributed by atoms with Crippen LogP contribution in [0.5, 0.6) is 0 Å². The summed E-state index contributed by atoms with van der Waals surface area (Å²) in [4.78, 5) is 27.6. The summed E-state index contributed by atoms with van der Waals surface area (Å²) in [6.45, 7) is 1.56. The van der Waals surface area contributed by atoms with Crippen LogP contribution in [0.1, 0.15) is 48.9 Å². The minimum absolute atomic E-state index is 0.101. The van der Waals surface area contributed by atoms with Crippen LogP contribution in [0.25, 0.3) is 10.8 Å². The van der Waals surface area contributed by atoms with E-state index in [4.69, 9.17) is 10.5 Å². The predicted molar refractivity (Wildman–Crippen MR) is 118 cm³/mol. The van der Waals surface area contributed by atoms with Crippen molar-refractivity contribution in [3.05, 3.63) is 42.0 Å². The van der Waals surface area contributed by atoms with Gasteiger partial charge in [0.25, 0.3) is 5.91 Å². The number of hydrogen-bond acceptors (Lipinski definition) is 5. The number of rotatable bonds is 5. The van der Waals surface area contributed by atoms with E-state index in [9.17, 15) is 9.59 Å². The van der Waals surface area contributed by atoms with E-state index in [0.717, 1.165) is 17.3 Å². The first kappa shape index (κ1) is 20.7. The van der Waals surface area contributed by atoms with Crippen LogP contribution in [0.15, 0.2) is 36.4 Å². The van der Waals surface area contributed by atoms with Crippen LogP contribution in [0.4, 0.5) is 5.69 Å². The molecule has 1 saturated heterocycles. The van der Waals surface area contributed by atoms with Crippen molar-refractivity contribution in [3.8, 4) is 0 Å². The number of carbonyl (C=O) groups is 2. The molecule has 1 heterocycles. The van der Waals surface area contributed by atoms with Crippen molar-refractivity contribution in [1.29, 1.82) is 0 Å². The number of likely N-dealkylation sites (tertiary alicyclic amines) is 1. The topological polar surface area (TPSA) is 84.7 Å². The molecule has 2 aliphatic rings. The first-order valence-electron chi connectivity index (χ1n) is 11.0. The Kier molecular flexibility index (Phi) is 6.23. The van der Waals surface area contributed by atoms with Gasteiger partial charge in [-0.1, -0.05) is 49.6 Å². The van der Waals surface area contributed by atoms with Crippen molar-refractivity contribution in [3.63, 3.8) is 0 Å². The molecule has 2 aromatic carbocycles. The number of methoxy groups -OCH3 is 1. The van der Waals surface area contributed by atoms with Gasteiger partial charge in [0.15, 0.2) is 0 Å². The van der Waals surface area contributed by atoms with Crippen molar-refractivity contribution in [2.24, 2.45) is 5.92 Å². The molecule has 1 aliphatic carbocycles. The molecular weight excluding hydrogens is 378 g/mol. The number of anilines is 1. The number of nitrogens with zero attached hydrogens (tertiary/aromatic N) is 1. The Morgan fingerprint density at radius 3 is 2.67 bits per heavy atom. The van der Waals surface area contributed by atoms with Crippen molar-refractivity contribution in [2.45, 2.75) is 50.6 Å². The number of nitrogen functional groups attached to an aromatic ring is 1. The van der Waals surface area contributed by atoms with Crippen LogP contribution in [0, 0.1) is 5.92 Å². The maximum Gasteiger partial charge on any atom is 0.323 e. The van der Waals surface area contributed by atoms with Crippen molar-refractivity contribution >= 4 is 28.3 Å². The zero-order valence-corrected chi connectivity index (χ0v) is 17.6. The van der Waals surface area contributed by atoms with Crippen LogP contribution in [-0.2, 0) is 9.53 Å².